The van der Waals surface area contributed by atoms with Gasteiger partial charge in [0.05, 0.1) is 25.2 Å². The van der Waals surface area contributed by atoms with Crippen molar-refractivity contribution >= 4 is 5.91 Å². The van der Waals surface area contributed by atoms with Crippen LogP contribution in [0.2, 0.25) is 0 Å². The van der Waals surface area contributed by atoms with E-state index in [0.717, 1.165) is 31.9 Å². The number of para-hydroxylation sites is 1. The predicted octanol–water partition coefficient (Wildman–Crippen LogP) is 1.96. The summed E-state index contributed by atoms with van der Waals surface area (Å²) in [5.41, 5.74) is 1.45. The Balaban J connectivity index is 1.58. The Morgan fingerprint density at radius 1 is 1.36 bits per heavy atom. The first kappa shape index (κ1) is 17.6. The van der Waals surface area contributed by atoms with Gasteiger partial charge in [-0.25, -0.2) is 4.98 Å². The molecule has 1 N–H and O–H groups in total. The normalized spacial score (nSPS) is 18.4. The minimum absolute atomic E-state index is 0.0320. The van der Waals surface area contributed by atoms with Crippen molar-refractivity contribution in [2.24, 2.45) is 5.92 Å². The molecule has 0 radical (unpaired) electrons. The van der Waals surface area contributed by atoms with Crippen molar-refractivity contribution in [1.82, 2.24) is 19.8 Å². The van der Waals surface area contributed by atoms with Gasteiger partial charge in [-0.2, -0.15) is 0 Å². The molecule has 1 aliphatic rings. The third kappa shape index (κ3) is 4.67. The Kier molecular flexibility index (Phi) is 5.83. The van der Waals surface area contributed by atoms with E-state index in [4.69, 9.17) is 4.74 Å². The van der Waals surface area contributed by atoms with Crippen LogP contribution in [0.1, 0.15) is 24.3 Å². The standard InChI is InChI=1S/C19H26N4O2/c1-15(2)12-22-8-9-25-17(13-22)10-21-19(24)18-11-20-14-23(18)16-6-4-3-5-7-16/h3-7,11,14-15,17H,8-10,12-13H2,1-2H3,(H,21,24)/t17-/m1/s1. The molecule has 2 heterocycles. The number of imidazole rings is 1. The second-order valence-electron chi connectivity index (χ2n) is 6.84. The lowest BCUT2D eigenvalue weighted by atomic mass is 10.2. The zero-order valence-corrected chi connectivity index (χ0v) is 14.9. The number of ether oxygens (including phenoxy) is 1. The molecule has 6 nitrogen and oxygen atoms in total. The maximum absolute atomic E-state index is 12.6. The molecule has 6 heteroatoms. The van der Waals surface area contributed by atoms with E-state index in [-0.39, 0.29) is 12.0 Å². The molecule has 25 heavy (non-hydrogen) atoms. The summed E-state index contributed by atoms with van der Waals surface area (Å²) >= 11 is 0. The number of nitrogens with one attached hydrogen (secondary N) is 1. The zero-order chi connectivity index (χ0) is 17.6. The van der Waals surface area contributed by atoms with E-state index in [2.05, 4.69) is 29.0 Å². The monoisotopic (exact) mass is 342 g/mol. The first-order valence-electron chi connectivity index (χ1n) is 8.83. The van der Waals surface area contributed by atoms with Crippen LogP contribution in [0.3, 0.4) is 0 Å². The Morgan fingerprint density at radius 3 is 2.92 bits per heavy atom. The molecule has 0 unspecified atom stereocenters. The van der Waals surface area contributed by atoms with E-state index < -0.39 is 0 Å². The summed E-state index contributed by atoms with van der Waals surface area (Å²) in [6.07, 6.45) is 3.28. The number of nitrogens with zero attached hydrogens (tertiary/aromatic N) is 3. The molecule has 0 bridgehead atoms. The molecule has 1 aliphatic heterocycles. The molecular formula is C19H26N4O2. The summed E-state index contributed by atoms with van der Waals surface area (Å²) in [6, 6.07) is 9.73. The first-order chi connectivity index (χ1) is 12.1. The minimum Gasteiger partial charge on any atom is -0.374 e. The first-order valence-corrected chi connectivity index (χ1v) is 8.83. The highest BCUT2D eigenvalue weighted by molar-refractivity contribution is 5.93. The summed E-state index contributed by atoms with van der Waals surface area (Å²) in [5, 5.41) is 2.99. The van der Waals surface area contributed by atoms with Gasteiger partial charge in [0.1, 0.15) is 5.69 Å². The van der Waals surface area contributed by atoms with Crippen molar-refractivity contribution in [3.8, 4) is 5.69 Å². The van der Waals surface area contributed by atoms with Crippen molar-refractivity contribution in [2.45, 2.75) is 20.0 Å². The average Bonchev–Trinajstić information content (AvgIpc) is 3.10. The van der Waals surface area contributed by atoms with Crippen LogP contribution in [-0.4, -0.2) is 59.2 Å². The topological polar surface area (TPSA) is 59.4 Å². The fourth-order valence-electron chi connectivity index (χ4n) is 3.14. The Hall–Kier alpha value is -2.18. The van der Waals surface area contributed by atoms with Gasteiger partial charge < -0.3 is 10.1 Å². The lowest BCUT2D eigenvalue weighted by Gasteiger charge is -2.33. The van der Waals surface area contributed by atoms with Gasteiger partial charge in [0.25, 0.3) is 5.91 Å². The molecule has 1 saturated heterocycles. The van der Waals surface area contributed by atoms with E-state index in [0.29, 0.717) is 18.2 Å². The van der Waals surface area contributed by atoms with Crippen LogP contribution >= 0.6 is 0 Å². The van der Waals surface area contributed by atoms with Crippen LogP contribution in [0.15, 0.2) is 42.9 Å². The second kappa shape index (κ2) is 8.27. The zero-order valence-electron chi connectivity index (χ0n) is 14.9. The van der Waals surface area contributed by atoms with Crippen LogP contribution in [0.4, 0.5) is 0 Å². The lowest BCUT2D eigenvalue weighted by Crippen LogP contribution is -2.48. The molecule has 1 aromatic carbocycles. The van der Waals surface area contributed by atoms with Crippen molar-refractivity contribution < 1.29 is 9.53 Å². The summed E-state index contributed by atoms with van der Waals surface area (Å²) in [5.74, 6) is 0.500. The highest BCUT2D eigenvalue weighted by atomic mass is 16.5. The Morgan fingerprint density at radius 2 is 2.16 bits per heavy atom. The number of carbonyl (C=O) groups excluding carboxylic acids is 1. The number of benzene rings is 1. The van der Waals surface area contributed by atoms with E-state index in [1.54, 1.807) is 17.1 Å². The minimum atomic E-state index is -0.133. The molecule has 0 spiro atoms. The van der Waals surface area contributed by atoms with Gasteiger partial charge in [-0.3, -0.25) is 14.3 Å². The number of hydrogen-bond acceptors (Lipinski definition) is 4. The van der Waals surface area contributed by atoms with Gasteiger partial charge in [0.2, 0.25) is 0 Å². The molecule has 3 rings (SSSR count). The molecule has 1 atom stereocenters. The fraction of sp³-hybridized carbons (Fsp3) is 0.474. The van der Waals surface area contributed by atoms with Gasteiger partial charge in [0, 0.05) is 31.9 Å². The quantitative estimate of drug-likeness (QED) is 0.872. The largest absolute Gasteiger partial charge is 0.374 e. The van der Waals surface area contributed by atoms with E-state index in [9.17, 15) is 4.79 Å². The van der Waals surface area contributed by atoms with Gasteiger partial charge in [-0.15, -0.1) is 0 Å². The fourth-order valence-corrected chi connectivity index (χ4v) is 3.14. The summed E-state index contributed by atoms with van der Waals surface area (Å²) in [7, 11) is 0. The van der Waals surface area contributed by atoms with Crippen molar-refractivity contribution in [2.75, 3.05) is 32.8 Å². The highest BCUT2D eigenvalue weighted by Crippen LogP contribution is 2.11. The van der Waals surface area contributed by atoms with Crippen molar-refractivity contribution in [3.05, 3.63) is 48.5 Å². The molecule has 1 aromatic heterocycles. The van der Waals surface area contributed by atoms with Crippen LogP contribution in [0.25, 0.3) is 5.69 Å². The van der Waals surface area contributed by atoms with Gasteiger partial charge in [0.15, 0.2) is 0 Å². The number of hydrogen-bond donors (Lipinski definition) is 1. The third-order valence-electron chi connectivity index (χ3n) is 4.24. The third-order valence-corrected chi connectivity index (χ3v) is 4.24. The molecule has 2 aromatic rings. The molecule has 0 aliphatic carbocycles. The molecule has 134 valence electrons. The molecule has 1 amide bonds. The SMILES string of the molecule is CC(C)CN1CCO[C@H](CNC(=O)c2cncn2-c2ccccc2)C1. The summed E-state index contributed by atoms with van der Waals surface area (Å²) < 4.78 is 7.59. The smallest absolute Gasteiger partial charge is 0.270 e. The number of morpholine rings is 1. The van der Waals surface area contributed by atoms with Gasteiger partial charge >= 0.3 is 0 Å². The van der Waals surface area contributed by atoms with E-state index in [1.165, 1.54) is 0 Å². The van der Waals surface area contributed by atoms with E-state index in [1.807, 2.05) is 30.3 Å². The lowest BCUT2D eigenvalue weighted by molar-refractivity contribution is -0.0296. The Bertz CT molecular complexity index is 684. The van der Waals surface area contributed by atoms with Crippen molar-refractivity contribution in [1.29, 1.82) is 0 Å². The van der Waals surface area contributed by atoms with Gasteiger partial charge in [-0.1, -0.05) is 32.0 Å². The second-order valence-corrected chi connectivity index (χ2v) is 6.84. The van der Waals surface area contributed by atoms with E-state index >= 15 is 0 Å². The maximum atomic E-state index is 12.6. The average molecular weight is 342 g/mol. The van der Waals surface area contributed by atoms with Crippen LogP contribution in [0, 0.1) is 5.92 Å². The van der Waals surface area contributed by atoms with Crippen LogP contribution < -0.4 is 5.32 Å². The van der Waals surface area contributed by atoms with Crippen LogP contribution in [0.5, 0.6) is 0 Å². The molecular weight excluding hydrogens is 316 g/mol. The highest BCUT2D eigenvalue weighted by Gasteiger charge is 2.22. The van der Waals surface area contributed by atoms with Gasteiger partial charge in [-0.05, 0) is 18.1 Å². The predicted molar refractivity (Wildman–Crippen MR) is 96.9 cm³/mol. The number of aromatic nitrogens is 2. The van der Waals surface area contributed by atoms with Crippen LogP contribution in [-0.2, 0) is 4.74 Å². The number of carbonyl (C=O) groups is 1. The van der Waals surface area contributed by atoms with Crippen molar-refractivity contribution in [3.63, 3.8) is 0 Å². The molecule has 1 fully saturated rings. The maximum Gasteiger partial charge on any atom is 0.270 e. The Labute approximate surface area is 148 Å². The number of rotatable bonds is 6. The number of amides is 1. The summed E-state index contributed by atoms with van der Waals surface area (Å²) in [4.78, 5) is 19.1. The summed E-state index contributed by atoms with van der Waals surface area (Å²) in [6.45, 7) is 8.55. The molecule has 0 saturated carbocycles.